The van der Waals surface area contributed by atoms with E-state index in [0.717, 1.165) is 17.5 Å². The van der Waals surface area contributed by atoms with Gasteiger partial charge in [0.25, 0.3) is 5.91 Å². The molecule has 5 heteroatoms. The number of benzene rings is 3. The molecular formula is C27H28N2O3. The Morgan fingerprint density at radius 2 is 1.25 bits per heavy atom. The van der Waals surface area contributed by atoms with E-state index in [0.29, 0.717) is 37.5 Å². The molecule has 4 rings (SSSR count). The second kappa shape index (κ2) is 10.1. The molecule has 3 aromatic carbocycles. The molecule has 0 atom stereocenters. The van der Waals surface area contributed by atoms with Crippen LogP contribution in [0.5, 0.6) is 5.75 Å². The Morgan fingerprint density at radius 1 is 0.719 bits per heavy atom. The Kier molecular flexibility index (Phi) is 6.85. The van der Waals surface area contributed by atoms with E-state index in [1.54, 1.807) is 19.2 Å². The smallest absolute Gasteiger partial charge is 0.257 e. The molecule has 1 aliphatic rings. The minimum absolute atomic E-state index is 0.0561. The van der Waals surface area contributed by atoms with Crippen LogP contribution in [-0.4, -0.2) is 54.9 Å². The van der Waals surface area contributed by atoms with E-state index in [4.69, 9.17) is 4.74 Å². The SMILES string of the molecule is COc1ccccc1C(=O)N1CCCN(C(=O)C(c2ccccc2)c2ccccc2)CC1. The molecule has 0 aromatic heterocycles. The zero-order chi connectivity index (χ0) is 22.3. The highest BCUT2D eigenvalue weighted by molar-refractivity contribution is 5.97. The number of carbonyl (C=O) groups is 2. The van der Waals surface area contributed by atoms with Gasteiger partial charge in [-0.1, -0.05) is 72.8 Å². The number of rotatable bonds is 5. The normalized spacial score (nSPS) is 14.2. The molecule has 1 aliphatic heterocycles. The molecule has 0 spiro atoms. The summed E-state index contributed by atoms with van der Waals surface area (Å²) < 4.78 is 5.37. The van der Waals surface area contributed by atoms with Crippen LogP contribution in [0.3, 0.4) is 0 Å². The number of amides is 2. The van der Waals surface area contributed by atoms with Gasteiger partial charge in [-0.25, -0.2) is 0 Å². The molecule has 32 heavy (non-hydrogen) atoms. The van der Waals surface area contributed by atoms with Gasteiger partial charge >= 0.3 is 0 Å². The minimum Gasteiger partial charge on any atom is -0.496 e. The van der Waals surface area contributed by atoms with Crippen LogP contribution in [0.1, 0.15) is 33.8 Å². The van der Waals surface area contributed by atoms with Crippen molar-refractivity contribution in [3.63, 3.8) is 0 Å². The van der Waals surface area contributed by atoms with Crippen LogP contribution >= 0.6 is 0 Å². The van der Waals surface area contributed by atoms with Gasteiger partial charge in [0.2, 0.25) is 5.91 Å². The number of para-hydroxylation sites is 1. The largest absolute Gasteiger partial charge is 0.496 e. The summed E-state index contributed by atoms with van der Waals surface area (Å²) in [6.45, 7) is 2.25. The van der Waals surface area contributed by atoms with Crippen LogP contribution in [-0.2, 0) is 4.79 Å². The van der Waals surface area contributed by atoms with Gasteiger partial charge in [-0.2, -0.15) is 0 Å². The molecule has 2 amide bonds. The summed E-state index contributed by atoms with van der Waals surface area (Å²) in [5.74, 6) is 0.241. The summed E-state index contributed by atoms with van der Waals surface area (Å²) in [6, 6.07) is 27.1. The maximum Gasteiger partial charge on any atom is 0.257 e. The van der Waals surface area contributed by atoms with Gasteiger partial charge in [0.1, 0.15) is 5.75 Å². The number of hydrogen-bond acceptors (Lipinski definition) is 3. The zero-order valence-corrected chi connectivity index (χ0v) is 18.3. The quantitative estimate of drug-likeness (QED) is 0.612. The maximum absolute atomic E-state index is 13.7. The van der Waals surface area contributed by atoms with Crippen LogP contribution < -0.4 is 4.74 Å². The monoisotopic (exact) mass is 428 g/mol. The Hall–Kier alpha value is -3.60. The van der Waals surface area contributed by atoms with Gasteiger partial charge < -0.3 is 14.5 Å². The molecule has 0 unspecified atom stereocenters. The third-order valence-corrected chi connectivity index (χ3v) is 5.94. The van der Waals surface area contributed by atoms with Crippen LogP contribution in [0.15, 0.2) is 84.9 Å². The van der Waals surface area contributed by atoms with Crippen LogP contribution in [0.2, 0.25) is 0 Å². The molecule has 3 aromatic rings. The van der Waals surface area contributed by atoms with Crippen molar-refractivity contribution in [2.75, 3.05) is 33.3 Å². The first kappa shape index (κ1) is 21.6. The van der Waals surface area contributed by atoms with E-state index >= 15 is 0 Å². The molecule has 164 valence electrons. The summed E-state index contributed by atoms with van der Waals surface area (Å²) in [4.78, 5) is 30.6. The van der Waals surface area contributed by atoms with Crippen molar-refractivity contribution in [3.8, 4) is 5.75 Å². The summed E-state index contributed by atoms with van der Waals surface area (Å²) in [5, 5.41) is 0. The zero-order valence-electron chi connectivity index (χ0n) is 18.3. The summed E-state index contributed by atoms with van der Waals surface area (Å²) in [5.41, 5.74) is 2.52. The molecule has 1 heterocycles. The fraction of sp³-hybridized carbons (Fsp3) is 0.259. The Bertz CT molecular complexity index is 1010. The van der Waals surface area contributed by atoms with E-state index < -0.39 is 0 Å². The standard InChI is InChI=1S/C27H28N2O3/c1-32-24-16-9-8-15-23(24)26(30)28-17-10-18-29(20-19-28)27(31)25(21-11-4-2-5-12-21)22-13-6-3-7-14-22/h2-9,11-16,25H,10,17-20H2,1H3. The summed E-state index contributed by atoms with van der Waals surface area (Å²) in [7, 11) is 1.57. The van der Waals surface area contributed by atoms with Crippen LogP contribution in [0.25, 0.3) is 0 Å². The van der Waals surface area contributed by atoms with E-state index in [1.165, 1.54) is 0 Å². The molecule has 1 fully saturated rings. The highest BCUT2D eigenvalue weighted by atomic mass is 16.5. The van der Waals surface area contributed by atoms with Crippen LogP contribution in [0.4, 0.5) is 0 Å². The number of ether oxygens (including phenoxy) is 1. The molecular weight excluding hydrogens is 400 g/mol. The second-order valence-electron chi connectivity index (χ2n) is 7.93. The van der Waals surface area contributed by atoms with Gasteiger partial charge in [-0.15, -0.1) is 0 Å². The van der Waals surface area contributed by atoms with Crippen LogP contribution in [0, 0.1) is 0 Å². The third kappa shape index (κ3) is 4.67. The number of nitrogens with zero attached hydrogens (tertiary/aromatic N) is 2. The minimum atomic E-state index is -0.353. The van der Waals surface area contributed by atoms with Gasteiger partial charge in [0.15, 0.2) is 0 Å². The lowest BCUT2D eigenvalue weighted by Gasteiger charge is -2.27. The number of methoxy groups -OCH3 is 1. The molecule has 0 aliphatic carbocycles. The first-order valence-electron chi connectivity index (χ1n) is 11.0. The first-order valence-corrected chi connectivity index (χ1v) is 11.0. The highest BCUT2D eigenvalue weighted by Gasteiger charge is 2.30. The number of carbonyl (C=O) groups excluding carboxylic acids is 2. The van der Waals surface area contributed by atoms with Crippen molar-refractivity contribution < 1.29 is 14.3 Å². The lowest BCUT2D eigenvalue weighted by molar-refractivity contribution is -0.131. The molecule has 0 bridgehead atoms. The van der Waals surface area contributed by atoms with Crippen molar-refractivity contribution in [2.24, 2.45) is 0 Å². The van der Waals surface area contributed by atoms with Crippen molar-refractivity contribution in [1.29, 1.82) is 0 Å². The lowest BCUT2D eigenvalue weighted by Crippen LogP contribution is -2.39. The molecule has 5 nitrogen and oxygen atoms in total. The predicted molar refractivity (Wildman–Crippen MR) is 125 cm³/mol. The molecule has 0 radical (unpaired) electrons. The Morgan fingerprint density at radius 3 is 1.88 bits per heavy atom. The fourth-order valence-corrected chi connectivity index (χ4v) is 4.28. The van der Waals surface area contributed by atoms with Gasteiger partial charge in [-0.05, 0) is 29.7 Å². The van der Waals surface area contributed by atoms with E-state index in [-0.39, 0.29) is 17.7 Å². The average molecular weight is 429 g/mol. The summed E-state index contributed by atoms with van der Waals surface area (Å²) in [6.07, 6.45) is 0.739. The van der Waals surface area contributed by atoms with E-state index in [9.17, 15) is 9.59 Å². The second-order valence-corrected chi connectivity index (χ2v) is 7.93. The Labute approximate surface area is 189 Å². The maximum atomic E-state index is 13.7. The van der Waals surface area contributed by atoms with Crippen molar-refractivity contribution >= 4 is 11.8 Å². The van der Waals surface area contributed by atoms with Gasteiger partial charge in [0.05, 0.1) is 18.6 Å². The van der Waals surface area contributed by atoms with Crippen molar-refractivity contribution in [3.05, 3.63) is 102 Å². The molecule has 0 saturated carbocycles. The third-order valence-electron chi connectivity index (χ3n) is 5.94. The van der Waals surface area contributed by atoms with E-state index in [1.807, 2.05) is 82.6 Å². The average Bonchev–Trinajstić information content (AvgIpc) is 3.11. The molecule has 1 saturated heterocycles. The van der Waals surface area contributed by atoms with Gasteiger partial charge in [-0.3, -0.25) is 9.59 Å². The Balaban J connectivity index is 1.53. The topological polar surface area (TPSA) is 49.9 Å². The molecule has 0 N–H and O–H groups in total. The van der Waals surface area contributed by atoms with E-state index in [2.05, 4.69) is 0 Å². The fourth-order valence-electron chi connectivity index (χ4n) is 4.28. The summed E-state index contributed by atoms with van der Waals surface area (Å²) >= 11 is 0. The lowest BCUT2D eigenvalue weighted by atomic mass is 9.90. The van der Waals surface area contributed by atoms with Gasteiger partial charge in [0, 0.05) is 26.2 Å². The van der Waals surface area contributed by atoms with Crippen molar-refractivity contribution in [2.45, 2.75) is 12.3 Å². The van der Waals surface area contributed by atoms with Crippen molar-refractivity contribution in [1.82, 2.24) is 9.80 Å². The number of hydrogen-bond donors (Lipinski definition) is 0. The highest BCUT2D eigenvalue weighted by Crippen LogP contribution is 2.28. The first-order chi connectivity index (χ1) is 15.7. The predicted octanol–water partition coefficient (Wildman–Crippen LogP) is 4.20.